The fourth-order valence-electron chi connectivity index (χ4n) is 3.54. The average Bonchev–Trinajstić information content (AvgIpc) is 3.25. The zero-order chi connectivity index (χ0) is 20.2. The van der Waals surface area contributed by atoms with Gasteiger partial charge in [-0.25, -0.2) is 0 Å². The van der Waals surface area contributed by atoms with E-state index in [2.05, 4.69) is 32.4 Å². The van der Waals surface area contributed by atoms with Gasteiger partial charge in [-0.05, 0) is 48.0 Å². The Morgan fingerprint density at radius 2 is 1.72 bits per heavy atom. The Hall–Kier alpha value is -2.93. The van der Waals surface area contributed by atoms with E-state index in [0.29, 0.717) is 30.4 Å². The smallest absolute Gasteiger partial charge is 0.249 e. The minimum atomic E-state index is -0.452. The third-order valence-electron chi connectivity index (χ3n) is 5.19. The van der Waals surface area contributed by atoms with E-state index in [1.807, 2.05) is 42.2 Å². The molecule has 1 aliphatic rings. The van der Waals surface area contributed by atoms with Crippen molar-refractivity contribution in [3.63, 3.8) is 0 Å². The van der Waals surface area contributed by atoms with E-state index in [0.717, 1.165) is 18.7 Å². The maximum Gasteiger partial charge on any atom is 0.249 e. The molecule has 0 saturated carbocycles. The summed E-state index contributed by atoms with van der Waals surface area (Å²) in [4.78, 5) is 18.8. The van der Waals surface area contributed by atoms with Gasteiger partial charge in [-0.2, -0.15) is 4.80 Å². The minimum Gasteiger partial charge on any atom is -0.368 e. The SMILES string of the molecule is CC[C@@H](C(=O)N1CCN(c2ccccc2)CC1)n1nnc(-c2ccc(Cl)cc2)n1. The Balaban J connectivity index is 1.43. The van der Waals surface area contributed by atoms with Crippen LogP contribution in [0.15, 0.2) is 54.6 Å². The van der Waals surface area contributed by atoms with Crippen LogP contribution in [0.1, 0.15) is 19.4 Å². The molecular weight excluding hydrogens is 388 g/mol. The lowest BCUT2D eigenvalue weighted by atomic mass is 10.1. The molecule has 150 valence electrons. The highest BCUT2D eigenvalue weighted by Crippen LogP contribution is 2.21. The van der Waals surface area contributed by atoms with Crippen LogP contribution in [0.5, 0.6) is 0 Å². The van der Waals surface area contributed by atoms with E-state index < -0.39 is 6.04 Å². The number of hydrogen-bond acceptors (Lipinski definition) is 5. The number of amides is 1. The molecule has 0 aliphatic carbocycles. The number of anilines is 1. The van der Waals surface area contributed by atoms with Crippen molar-refractivity contribution in [2.24, 2.45) is 0 Å². The van der Waals surface area contributed by atoms with Crippen molar-refractivity contribution in [2.75, 3.05) is 31.1 Å². The molecule has 7 nitrogen and oxygen atoms in total. The molecule has 1 saturated heterocycles. The molecule has 8 heteroatoms. The van der Waals surface area contributed by atoms with Crippen molar-refractivity contribution >= 4 is 23.2 Å². The molecule has 1 amide bonds. The van der Waals surface area contributed by atoms with Crippen LogP contribution in [0, 0.1) is 0 Å². The van der Waals surface area contributed by atoms with E-state index in [1.54, 1.807) is 12.1 Å². The van der Waals surface area contributed by atoms with Crippen molar-refractivity contribution in [1.82, 2.24) is 25.1 Å². The quantitative estimate of drug-likeness (QED) is 0.645. The lowest BCUT2D eigenvalue weighted by molar-refractivity contribution is -0.135. The largest absolute Gasteiger partial charge is 0.368 e. The number of hydrogen-bond donors (Lipinski definition) is 0. The van der Waals surface area contributed by atoms with Crippen LogP contribution >= 0.6 is 11.6 Å². The van der Waals surface area contributed by atoms with Gasteiger partial charge in [0.25, 0.3) is 0 Å². The van der Waals surface area contributed by atoms with Gasteiger partial charge >= 0.3 is 0 Å². The van der Waals surface area contributed by atoms with Crippen LogP contribution in [-0.2, 0) is 4.79 Å². The van der Waals surface area contributed by atoms with Gasteiger partial charge in [-0.15, -0.1) is 10.2 Å². The topological polar surface area (TPSA) is 67.2 Å². The molecule has 0 N–H and O–H groups in total. The Kier molecular flexibility index (Phi) is 5.76. The number of benzene rings is 2. The number of aromatic nitrogens is 4. The van der Waals surface area contributed by atoms with Crippen LogP contribution in [0.2, 0.25) is 5.02 Å². The second-order valence-corrected chi connectivity index (χ2v) is 7.45. The molecule has 1 aliphatic heterocycles. The van der Waals surface area contributed by atoms with Gasteiger partial charge in [0.1, 0.15) is 0 Å². The Labute approximate surface area is 174 Å². The monoisotopic (exact) mass is 410 g/mol. The highest BCUT2D eigenvalue weighted by molar-refractivity contribution is 6.30. The van der Waals surface area contributed by atoms with E-state index >= 15 is 0 Å². The maximum absolute atomic E-state index is 13.1. The molecule has 2 heterocycles. The van der Waals surface area contributed by atoms with Crippen LogP contribution in [0.3, 0.4) is 0 Å². The molecule has 3 aromatic rings. The molecule has 4 rings (SSSR count). The number of carbonyl (C=O) groups excluding carboxylic acids is 1. The van der Waals surface area contributed by atoms with E-state index in [9.17, 15) is 4.79 Å². The molecule has 0 unspecified atom stereocenters. The molecule has 2 aromatic carbocycles. The number of tetrazole rings is 1. The fourth-order valence-corrected chi connectivity index (χ4v) is 3.67. The number of rotatable bonds is 5. The summed E-state index contributed by atoms with van der Waals surface area (Å²) in [5, 5.41) is 13.4. The first-order valence-electron chi connectivity index (χ1n) is 9.80. The average molecular weight is 411 g/mol. The zero-order valence-electron chi connectivity index (χ0n) is 16.3. The van der Waals surface area contributed by atoms with Gasteiger partial charge < -0.3 is 9.80 Å². The van der Waals surface area contributed by atoms with Gasteiger partial charge in [-0.3, -0.25) is 4.79 Å². The van der Waals surface area contributed by atoms with E-state index in [1.165, 1.54) is 10.5 Å². The normalized spacial score (nSPS) is 15.4. The molecule has 1 fully saturated rings. The zero-order valence-corrected chi connectivity index (χ0v) is 17.0. The molecule has 0 spiro atoms. The van der Waals surface area contributed by atoms with Crippen LogP contribution in [0.25, 0.3) is 11.4 Å². The summed E-state index contributed by atoms with van der Waals surface area (Å²) in [5.74, 6) is 0.530. The second-order valence-electron chi connectivity index (χ2n) is 7.01. The van der Waals surface area contributed by atoms with Crippen molar-refractivity contribution < 1.29 is 4.79 Å². The Morgan fingerprint density at radius 1 is 1.03 bits per heavy atom. The first kappa shape index (κ1) is 19.4. The first-order valence-corrected chi connectivity index (χ1v) is 10.2. The van der Waals surface area contributed by atoms with Gasteiger partial charge in [0, 0.05) is 42.5 Å². The third kappa shape index (κ3) is 4.24. The summed E-state index contributed by atoms with van der Waals surface area (Å²) in [5.41, 5.74) is 2.01. The van der Waals surface area contributed by atoms with Crippen molar-refractivity contribution in [3.8, 4) is 11.4 Å². The highest BCUT2D eigenvalue weighted by Gasteiger charge is 2.29. The summed E-state index contributed by atoms with van der Waals surface area (Å²) < 4.78 is 0. The van der Waals surface area contributed by atoms with Gasteiger partial charge in [0.2, 0.25) is 11.7 Å². The fraction of sp³-hybridized carbons (Fsp3) is 0.333. The van der Waals surface area contributed by atoms with Gasteiger partial charge in [-0.1, -0.05) is 36.7 Å². The van der Waals surface area contributed by atoms with Crippen molar-refractivity contribution in [3.05, 3.63) is 59.6 Å². The second kappa shape index (κ2) is 8.61. The minimum absolute atomic E-state index is 0.0419. The summed E-state index contributed by atoms with van der Waals surface area (Å²) in [6, 6.07) is 17.1. The molecule has 0 radical (unpaired) electrons. The van der Waals surface area contributed by atoms with Crippen molar-refractivity contribution in [1.29, 1.82) is 0 Å². The lowest BCUT2D eigenvalue weighted by Gasteiger charge is -2.37. The van der Waals surface area contributed by atoms with Gasteiger partial charge in [0.15, 0.2) is 6.04 Å². The van der Waals surface area contributed by atoms with Crippen LogP contribution in [-0.4, -0.2) is 57.2 Å². The summed E-state index contributed by atoms with van der Waals surface area (Å²) in [6.07, 6.45) is 0.605. The number of carbonyl (C=O) groups is 1. The molecule has 0 bridgehead atoms. The lowest BCUT2D eigenvalue weighted by Crippen LogP contribution is -2.50. The maximum atomic E-state index is 13.1. The number of nitrogens with zero attached hydrogens (tertiary/aromatic N) is 6. The molecular formula is C21H23ClN6O. The molecule has 1 atom stereocenters. The number of piperazine rings is 1. The third-order valence-corrected chi connectivity index (χ3v) is 5.45. The number of halogens is 1. The van der Waals surface area contributed by atoms with Crippen molar-refractivity contribution in [2.45, 2.75) is 19.4 Å². The van der Waals surface area contributed by atoms with Gasteiger partial charge in [0.05, 0.1) is 0 Å². The predicted octanol–water partition coefficient (Wildman–Crippen LogP) is 3.29. The highest BCUT2D eigenvalue weighted by atomic mass is 35.5. The summed E-state index contributed by atoms with van der Waals surface area (Å²) >= 11 is 5.94. The molecule has 1 aromatic heterocycles. The standard InChI is InChI=1S/C21H23ClN6O/c1-2-19(28-24-20(23-25-28)16-8-10-17(22)11-9-16)21(29)27-14-12-26(13-15-27)18-6-4-3-5-7-18/h3-11,19H,2,12-15H2,1H3/t19-/m0/s1. The van der Waals surface area contributed by atoms with E-state index in [4.69, 9.17) is 11.6 Å². The predicted molar refractivity (Wildman–Crippen MR) is 113 cm³/mol. The first-order chi connectivity index (χ1) is 14.2. The summed E-state index contributed by atoms with van der Waals surface area (Å²) in [6.45, 7) is 4.96. The number of para-hydroxylation sites is 1. The summed E-state index contributed by atoms with van der Waals surface area (Å²) in [7, 11) is 0. The van der Waals surface area contributed by atoms with Crippen LogP contribution in [0.4, 0.5) is 5.69 Å². The molecule has 29 heavy (non-hydrogen) atoms. The Bertz CT molecular complexity index is 951. The van der Waals surface area contributed by atoms with E-state index in [-0.39, 0.29) is 5.91 Å². The van der Waals surface area contributed by atoms with Crippen LogP contribution < -0.4 is 4.90 Å². The Morgan fingerprint density at radius 3 is 2.38 bits per heavy atom.